The van der Waals surface area contributed by atoms with Gasteiger partial charge in [0.2, 0.25) is 0 Å². The zero-order chi connectivity index (χ0) is 32.6. The summed E-state index contributed by atoms with van der Waals surface area (Å²) >= 11 is 0. The van der Waals surface area contributed by atoms with E-state index in [0.717, 1.165) is 84.6 Å². The molecule has 10 rings (SSSR count). The van der Waals surface area contributed by atoms with Crippen molar-refractivity contribution < 1.29 is 4.42 Å². The molecule has 0 atom stereocenters. The monoisotopic (exact) mass is 626 g/mol. The lowest BCUT2D eigenvalue weighted by molar-refractivity contribution is 0.669. The van der Waals surface area contributed by atoms with E-state index in [9.17, 15) is 10.5 Å². The zero-order valence-electron chi connectivity index (χ0n) is 26.3. The summed E-state index contributed by atoms with van der Waals surface area (Å²) < 4.78 is 10.8. The van der Waals surface area contributed by atoms with Crippen LogP contribution >= 0.6 is 0 Å². The normalized spacial score (nSPS) is 12.6. The number of nitrogens with zero attached hydrogens (tertiary/aromatic N) is 4. The van der Waals surface area contributed by atoms with E-state index >= 15 is 0 Å². The molecule has 228 valence electrons. The van der Waals surface area contributed by atoms with Crippen molar-refractivity contribution in [3.8, 4) is 34.6 Å². The Morgan fingerprint density at radius 3 is 2.22 bits per heavy atom. The predicted octanol–water partition coefficient (Wildman–Crippen LogP) is 11.0. The Hall–Kier alpha value is -6.82. The van der Waals surface area contributed by atoms with Gasteiger partial charge in [-0.15, -0.1) is 0 Å². The summed E-state index contributed by atoms with van der Waals surface area (Å²) in [5, 5.41) is 26.5. The van der Waals surface area contributed by atoms with Gasteiger partial charge in [-0.1, -0.05) is 78.9 Å². The van der Waals surface area contributed by atoms with Crippen molar-refractivity contribution in [2.75, 3.05) is 0 Å². The quantitative estimate of drug-likeness (QED) is 0.196. The molecule has 0 N–H and O–H groups in total. The highest BCUT2D eigenvalue weighted by atomic mass is 16.3. The van der Waals surface area contributed by atoms with Crippen LogP contribution in [0.2, 0.25) is 0 Å². The lowest BCUT2D eigenvalue weighted by Crippen LogP contribution is -2.07. The molecule has 1 aliphatic rings. The topological polar surface area (TPSA) is 70.6 Å². The summed E-state index contributed by atoms with van der Waals surface area (Å²) in [4.78, 5) is 0. The van der Waals surface area contributed by atoms with E-state index in [2.05, 4.69) is 106 Å². The van der Waals surface area contributed by atoms with Gasteiger partial charge in [0.1, 0.15) is 17.2 Å². The summed E-state index contributed by atoms with van der Waals surface area (Å²) in [7, 11) is 0. The molecule has 5 nitrogen and oxygen atoms in total. The highest BCUT2D eigenvalue weighted by molar-refractivity contribution is 6.27. The van der Waals surface area contributed by atoms with Crippen molar-refractivity contribution in [2.45, 2.75) is 12.8 Å². The number of furan rings is 1. The fraction of sp³-hybridized carbons (Fsp3) is 0.0455. The molecule has 3 heterocycles. The molecule has 0 fully saturated rings. The highest BCUT2D eigenvalue weighted by Crippen LogP contribution is 2.43. The van der Waals surface area contributed by atoms with Crippen molar-refractivity contribution in [2.24, 2.45) is 0 Å². The average molecular weight is 627 g/mol. The Balaban J connectivity index is 1.29. The largest absolute Gasteiger partial charge is 0.456 e. The first-order chi connectivity index (χ1) is 24.2. The molecule has 1 aliphatic carbocycles. The Morgan fingerprint density at radius 1 is 0.612 bits per heavy atom. The maximum Gasteiger partial charge on any atom is 0.136 e. The first kappa shape index (κ1) is 27.3. The number of hydrogen-bond donors (Lipinski definition) is 0. The van der Waals surface area contributed by atoms with E-state index in [1.807, 2.05) is 48.5 Å². The third kappa shape index (κ3) is 3.85. The second-order valence-electron chi connectivity index (χ2n) is 12.6. The van der Waals surface area contributed by atoms with Crippen LogP contribution in [-0.2, 0) is 6.42 Å². The summed E-state index contributed by atoms with van der Waals surface area (Å²) in [6, 6.07) is 46.1. The molecule has 0 saturated heterocycles. The number of nitriles is 2. The summed E-state index contributed by atoms with van der Waals surface area (Å²) in [6.45, 7) is 0. The lowest BCUT2D eigenvalue weighted by Gasteiger charge is -2.19. The smallest absolute Gasteiger partial charge is 0.136 e. The standard InChI is InChI=1S/C44H26N4O/c45-25-27-22-29(31-15-9-10-28(26-46)44(31)48-36-16-5-1-11-32(36)33-12-2-6-17-37(33)48)24-30(23-27)47-38-18-7-3-13-34(38)42-39(47)20-21-41-43(42)35-14-4-8-19-40(35)49-41/h1-5,7-16,18-24H,6,17H2. The molecular formula is C44H26N4O. The molecule has 0 unspecified atom stereocenters. The van der Waals surface area contributed by atoms with Crippen LogP contribution in [0.1, 0.15) is 28.8 Å². The van der Waals surface area contributed by atoms with Crippen LogP contribution in [-0.4, -0.2) is 9.13 Å². The molecule has 0 amide bonds. The number of para-hydroxylation sites is 4. The minimum atomic E-state index is 0.545. The van der Waals surface area contributed by atoms with Crippen LogP contribution < -0.4 is 0 Å². The summed E-state index contributed by atoms with van der Waals surface area (Å²) in [5.74, 6) is 0. The van der Waals surface area contributed by atoms with E-state index in [-0.39, 0.29) is 0 Å². The Labute approximate surface area is 281 Å². The third-order valence-corrected chi connectivity index (χ3v) is 10.0. The van der Waals surface area contributed by atoms with Crippen LogP contribution in [0.25, 0.3) is 83.2 Å². The number of benzene rings is 6. The first-order valence-corrected chi connectivity index (χ1v) is 16.4. The Morgan fingerprint density at radius 2 is 1.39 bits per heavy atom. The van der Waals surface area contributed by atoms with Crippen LogP contribution in [0, 0.1) is 22.7 Å². The van der Waals surface area contributed by atoms with Gasteiger partial charge in [0.15, 0.2) is 0 Å². The Kier molecular flexibility index (Phi) is 5.76. The predicted molar refractivity (Wildman–Crippen MR) is 197 cm³/mol. The van der Waals surface area contributed by atoms with E-state index in [4.69, 9.17) is 4.42 Å². The average Bonchev–Trinajstić information content (AvgIpc) is 3.82. The molecule has 9 aromatic rings. The van der Waals surface area contributed by atoms with Crippen molar-refractivity contribution in [3.63, 3.8) is 0 Å². The Bertz CT molecular complexity index is 2970. The van der Waals surface area contributed by atoms with Crippen molar-refractivity contribution in [1.82, 2.24) is 9.13 Å². The molecule has 49 heavy (non-hydrogen) atoms. The second kappa shape index (κ2) is 10.3. The van der Waals surface area contributed by atoms with E-state index in [1.165, 1.54) is 16.6 Å². The van der Waals surface area contributed by atoms with Gasteiger partial charge in [0, 0.05) is 49.4 Å². The minimum absolute atomic E-state index is 0.545. The lowest BCUT2D eigenvalue weighted by atomic mass is 9.97. The minimum Gasteiger partial charge on any atom is -0.456 e. The highest BCUT2D eigenvalue weighted by Gasteiger charge is 2.24. The van der Waals surface area contributed by atoms with Gasteiger partial charge < -0.3 is 13.6 Å². The summed E-state index contributed by atoms with van der Waals surface area (Å²) in [6.07, 6.45) is 6.25. The first-order valence-electron chi connectivity index (χ1n) is 16.4. The molecule has 0 radical (unpaired) electrons. The van der Waals surface area contributed by atoms with Crippen molar-refractivity contribution >= 4 is 60.7 Å². The molecule has 0 spiro atoms. The maximum absolute atomic E-state index is 10.5. The molecule has 6 aromatic carbocycles. The summed E-state index contributed by atoms with van der Waals surface area (Å²) in [5.41, 5.74) is 11.9. The van der Waals surface area contributed by atoms with Crippen LogP contribution in [0.4, 0.5) is 0 Å². The zero-order valence-corrected chi connectivity index (χ0v) is 26.3. The SMILES string of the molecule is N#Cc1cc(-c2cccc(C#N)c2-n2c3c(c4ccccc42)C=CCC3)cc(-n2c3ccccc3c3c4c(ccc32)oc2ccccc24)c1. The molecule has 0 aliphatic heterocycles. The number of aromatic nitrogens is 2. The van der Waals surface area contributed by atoms with Crippen LogP contribution in [0.15, 0.2) is 132 Å². The number of hydrogen-bond acceptors (Lipinski definition) is 3. The van der Waals surface area contributed by atoms with Gasteiger partial charge in [-0.05, 0) is 73.0 Å². The fourth-order valence-electron chi connectivity index (χ4n) is 8.05. The van der Waals surface area contributed by atoms with Crippen LogP contribution in [0.5, 0.6) is 0 Å². The van der Waals surface area contributed by atoms with Gasteiger partial charge in [-0.3, -0.25) is 0 Å². The molecule has 5 heteroatoms. The van der Waals surface area contributed by atoms with Crippen LogP contribution in [0.3, 0.4) is 0 Å². The second-order valence-corrected chi connectivity index (χ2v) is 12.6. The van der Waals surface area contributed by atoms with Crippen molar-refractivity contribution in [3.05, 3.63) is 150 Å². The molecule has 0 bridgehead atoms. The third-order valence-electron chi connectivity index (χ3n) is 10.0. The van der Waals surface area contributed by atoms with Gasteiger partial charge >= 0.3 is 0 Å². The molecular weight excluding hydrogens is 601 g/mol. The van der Waals surface area contributed by atoms with Gasteiger partial charge in [0.05, 0.1) is 39.4 Å². The van der Waals surface area contributed by atoms with Gasteiger partial charge in [0.25, 0.3) is 0 Å². The van der Waals surface area contributed by atoms with E-state index in [1.54, 1.807) is 0 Å². The maximum atomic E-state index is 10.5. The van der Waals surface area contributed by atoms with Gasteiger partial charge in [-0.2, -0.15) is 10.5 Å². The van der Waals surface area contributed by atoms with E-state index in [0.29, 0.717) is 11.1 Å². The van der Waals surface area contributed by atoms with Crippen molar-refractivity contribution in [1.29, 1.82) is 10.5 Å². The number of rotatable bonds is 3. The number of fused-ring (bicyclic) bond motifs is 10. The number of allylic oxidation sites excluding steroid dienone is 1. The molecule has 0 saturated carbocycles. The van der Waals surface area contributed by atoms with Gasteiger partial charge in [-0.25, -0.2) is 0 Å². The fourth-order valence-corrected chi connectivity index (χ4v) is 8.05. The molecule has 3 aromatic heterocycles. The van der Waals surface area contributed by atoms with E-state index < -0.39 is 0 Å².